The Morgan fingerprint density at radius 3 is 2.94 bits per heavy atom. The number of anilines is 1. The van der Waals surface area contributed by atoms with Gasteiger partial charge in [-0.05, 0) is 31.7 Å². The zero-order valence-electron chi connectivity index (χ0n) is 11.6. The Hall–Kier alpha value is -1.03. The molecule has 1 aromatic rings. The molecule has 1 fully saturated rings. The summed E-state index contributed by atoms with van der Waals surface area (Å²) in [6.07, 6.45) is 8.40. The highest BCUT2D eigenvalue weighted by Gasteiger charge is 2.19. The highest BCUT2D eigenvalue weighted by molar-refractivity contribution is 5.25. The molecule has 0 aliphatic heterocycles. The first-order valence-electron chi connectivity index (χ1n) is 7.16. The molecule has 0 atom stereocenters. The van der Waals surface area contributed by atoms with Crippen LogP contribution in [0.1, 0.15) is 44.7 Å². The Labute approximate surface area is 110 Å². The molecule has 18 heavy (non-hydrogen) atoms. The van der Waals surface area contributed by atoms with E-state index in [2.05, 4.69) is 29.2 Å². The van der Waals surface area contributed by atoms with E-state index in [4.69, 9.17) is 4.42 Å². The molecule has 4 nitrogen and oxygen atoms in total. The maximum Gasteiger partial charge on any atom is 0.297 e. The molecule has 102 valence electrons. The summed E-state index contributed by atoms with van der Waals surface area (Å²) in [5, 5.41) is 3.34. The number of oxazole rings is 1. The molecule has 1 aromatic heterocycles. The lowest BCUT2D eigenvalue weighted by molar-refractivity contribution is 0.496. The van der Waals surface area contributed by atoms with Gasteiger partial charge in [0, 0.05) is 20.1 Å². The van der Waals surface area contributed by atoms with Crippen molar-refractivity contribution in [2.24, 2.45) is 5.92 Å². The highest BCUT2D eigenvalue weighted by atomic mass is 16.4. The first-order chi connectivity index (χ1) is 8.79. The summed E-state index contributed by atoms with van der Waals surface area (Å²) in [5.41, 5.74) is 0.997. The molecule has 1 heterocycles. The van der Waals surface area contributed by atoms with E-state index in [1.54, 1.807) is 6.26 Å². The molecule has 0 unspecified atom stereocenters. The molecule has 1 aliphatic carbocycles. The van der Waals surface area contributed by atoms with Crippen molar-refractivity contribution in [1.29, 1.82) is 0 Å². The van der Waals surface area contributed by atoms with Crippen LogP contribution in [0.5, 0.6) is 0 Å². The molecule has 0 saturated heterocycles. The topological polar surface area (TPSA) is 41.3 Å². The smallest absolute Gasteiger partial charge is 0.297 e. The summed E-state index contributed by atoms with van der Waals surface area (Å²) < 4.78 is 5.54. The van der Waals surface area contributed by atoms with Crippen LogP contribution in [-0.4, -0.2) is 25.1 Å². The largest absolute Gasteiger partial charge is 0.432 e. The van der Waals surface area contributed by atoms with Gasteiger partial charge >= 0.3 is 0 Å². The predicted octanol–water partition coefficient (Wildman–Crippen LogP) is 2.80. The molecule has 2 rings (SSSR count). The fourth-order valence-electron chi connectivity index (χ4n) is 2.60. The lowest BCUT2D eigenvalue weighted by atomic mass is 10.1. The van der Waals surface area contributed by atoms with Crippen molar-refractivity contribution in [3.05, 3.63) is 12.0 Å². The molecule has 1 aliphatic rings. The number of aromatic nitrogens is 1. The second-order valence-electron chi connectivity index (χ2n) is 5.33. The molecule has 0 radical (unpaired) electrons. The predicted molar refractivity (Wildman–Crippen MR) is 73.7 cm³/mol. The Balaban J connectivity index is 1.80. The van der Waals surface area contributed by atoms with Gasteiger partial charge in [0.2, 0.25) is 0 Å². The van der Waals surface area contributed by atoms with E-state index < -0.39 is 0 Å². The van der Waals surface area contributed by atoms with Crippen LogP contribution < -0.4 is 10.2 Å². The van der Waals surface area contributed by atoms with Crippen LogP contribution in [-0.2, 0) is 6.54 Å². The van der Waals surface area contributed by atoms with E-state index in [-0.39, 0.29) is 0 Å². The summed E-state index contributed by atoms with van der Waals surface area (Å²) in [5.74, 6) is 0.823. The van der Waals surface area contributed by atoms with Crippen molar-refractivity contribution in [3.63, 3.8) is 0 Å². The van der Waals surface area contributed by atoms with E-state index in [0.29, 0.717) is 0 Å². The maximum atomic E-state index is 5.54. The third-order valence-electron chi connectivity index (χ3n) is 3.61. The number of hydrogen-bond acceptors (Lipinski definition) is 4. The standard InChI is InChI=1S/C14H25N3O/c1-3-8-15-9-13-11-18-14(16-13)17(2)10-12-6-4-5-7-12/h11-12,15H,3-10H2,1-2H3. The van der Waals surface area contributed by atoms with Crippen molar-refractivity contribution in [2.45, 2.75) is 45.6 Å². The minimum absolute atomic E-state index is 0.759. The van der Waals surface area contributed by atoms with Gasteiger partial charge in [0.1, 0.15) is 6.26 Å². The first-order valence-corrected chi connectivity index (χ1v) is 7.16. The molecule has 1 saturated carbocycles. The Morgan fingerprint density at radius 1 is 1.44 bits per heavy atom. The van der Waals surface area contributed by atoms with Crippen LogP contribution in [0.4, 0.5) is 6.01 Å². The van der Waals surface area contributed by atoms with Crippen LogP contribution in [0.25, 0.3) is 0 Å². The summed E-state index contributed by atoms with van der Waals surface area (Å²) in [7, 11) is 2.08. The molecule has 0 bridgehead atoms. The summed E-state index contributed by atoms with van der Waals surface area (Å²) >= 11 is 0. The first kappa shape index (κ1) is 13.4. The lowest BCUT2D eigenvalue weighted by Gasteiger charge is -2.18. The third kappa shape index (κ3) is 3.73. The maximum absolute atomic E-state index is 5.54. The molecular weight excluding hydrogens is 226 g/mol. The second kappa shape index (κ2) is 6.78. The number of nitrogens with zero attached hydrogens (tertiary/aromatic N) is 2. The van der Waals surface area contributed by atoms with E-state index in [1.807, 2.05) is 0 Å². The minimum Gasteiger partial charge on any atom is -0.432 e. The monoisotopic (exact) mass is 251 g/mol. The van der Waals surface area contributed by atoms with Crippen LogP contribution in [0, 0.1) is 5.92 Å². The minimum atomic E-state index is 0.759. The average molecular weight is 251 g/mol. The second-order valence-corrected chi connectivity index (χ2v) is 5.33. The Morgan fingerprint density at radius 2 is 2.22 bits per heavy atom. The Bertz CT molecular complexity index is 345. The van der Waals surface area contributed by atoms with Crippen molar-refractivity contribution >= 4 is 6.01 Å². The summed E-state index contributed by atoms with van der Waals surface area (Å²) in [6, 6.07) is 0.759. The van der Waals surface area contributed by atoms with Crippen molar-refractivity contribution in [2.75, 3.05) is 25.0 Å². The SMILES string of the molecule is CCCNCc1coc(N(C)CC2CCCC2)n1. The summed E-state index contributed by atoms with van der Waals surface area (Å²) in [4.78, 5) is 6.67. The van der Waals surface area contributed by atoms with E-state index in [1.165, 1.54) is 25.7 Å². The lowest BCUT2D eigenvalue weighted by Crippen LogP contribution is -2.24. The normalized spacial score (nSPS) is 16.3. The van der Waals surface area contributed by atoms with Gasteiger partial charge in [0.15, 0.2) is 0 Å². The highest BCUT2D eigenvalue weighted by Crippen LogP contribution is 2.26. The van der Waals surface area contributed by atoms with E-state index in [0.717, 1.165) is 43.7 Å². The quantitative estimate of drug-likeness (QED) is 0.757. The van der Waals surface area contributed by atoms with Gasteiger partial charge in [-0.15, -0.1) is 0 Å². The van der Waals surface area contributed by atoms with Crippen molar-refractivity contribution in [3.8, 4) is 0 Å². The van der Waals surface area contributed by atoms with Gasteiger partial charge in [-0.3, -0.25) is 0 Å². The number of hydrogen-bond donors (Lipinski definition) is 1. The zero-order chi connectivity index (χ0) is 12.8. The van der Waals surface area contributed by atoms with E-state index in [9.17, 15) is 0 Å². The third-order valence-corrected chi connectivity index (χ3v) is 3.61. The van der Waals surface area contributed by atoms with Gasteiger partial charge in [0.05, 0.1) is 5.69 Å². The fraction of sp³-hybridized carbons (Fsp3) is 0.786. The number of nitrogens with one attached hydrogen (secondary N) is 1. The molecule has 0 aromatic carbocycles. The average Bonchev–Trinajstić information content (AvgIpc) is 3.00. The summed E-state index contributed by atoms with van der Waals surface area (Å²) in [6.45, 7) is 5.06. The van der Waals surface area contributed by atoms with Gasteiger partial charge in [0.25, 0.3) is 6.01 Å². The van der Waals surface area contributed by atoms with Crippen LogP contribution >= 0.6 is 0 Å². The van der Waals surface area contributed by atoms with Gasteiger partial charge in [-0.1, -0.05) is 19.8 Å². The number of rotatable bonds is 7. The molecule has 0 amide bonds. The van der Waals surface area contributed by atoms with Gasteiger partial charge in [-0.25, -0.2) is 0 Å². The van der Waals surface area contributed by atoms with Gasteiger partial charge < -0.3 is 14.6 Å². The van der Waals surface area contributed by atoms with Crippen LogP contribution in [0.3, 0.4) is 0 Å². The molecule has 1 N–H and O–H groups in total. The fourth-order valence-corrected chi connectivity index (χ4v) is 2.60. The molecule has 0 spiro atoms. The van der Waals surface area contributed by atoms with Crippen LogP contribution in [0.2, 0.25) is 0 Å². The van der Waals surface area contributed by atoms with Crippen molar-refractivity contribution in [1.82, 2.24) is 10.3 Å². The molecular formula is C14H25N3O. The molecule has 4 heteroatoms. The van der Waals surface area contributed by atoms with Gasteiger partial charge in [-0.2, -0.15) is 4.98 Å². The van der Waals surface area contributed by atoms with Crippen molar-refractivity contribution < 1.29 is 4.42 Å². The van der Waals surface area contributed by atoms with Crippen LogP contribution in [0.15, 0.2) is 10.7 Å². The zero-order valence-corrected chi connectivity index (χ0v) is 11.6. The van der Waals surface area contributed by atoms with E-state index >= 15 is 0 Å². The Kier molecular flexibility index (Phi) is 5.05.